The molecule has 6 heavy (non-hydrogen) atoms. The molecule has 0 heterocycles. The Morgan fingerprint density at radius 3 is 1.33 bits per heavy atom. The van der Waals surface area contributed by atoms with Crippen LogP contribution in [0.2, 0.25) is 0 Å². The maximum atomic E-state index is 8.06. The van der Waals surface area contributed by atoms with E-state index in [-0.39, 0.29) is 6.10 Å². The van der Waals surface area contributed by atoms with Gasteiger partial charge in [0.15, 0.2) is 0 Å². The Bertz CT molecular complexity index is 30.3. The standard InChI is InChI=1S/C3H8O.N2/c1-3(2)4;1-2/h3-4H,1-2H3;. The van der Waals surface area contributed by atoms with Crippen LogP contribution in [0.4, 0.5) is 0 Å². The molecule has 0 aromatic rings. The molecule has 0 rings (SSSR count). The molecule has 0 saturated carbocycles. The zero-order valence-corrected chi connectivity index (χ0v) is 3.92. The van der Waals surface area contributed by atoms with Gasteiger partial charge in [-0.25, -0.2) is 0 Å². The van der Waals surface area contributed by atoms with Gasteiger partial charge in [-0.15, -0.1) is 0 Å². The van der Waals surface area contributed by atoms with Gasteiger partial charge in [0.1, 0.15) is 0 Å². The van der Waals surface area contributed by atoms with Crippen molar-refractivity contribution >= 4 is 0 Å². The van der Waals surface area contributed by atoms with Crippen LogP contribution in [0.15, 0.2) is 0 Å². The molecule has 1 N–H and O–H groups in total. The van der Waals surface area contributed by atoms with Crippen LogP contribution < -0.4 is 0 Å². The Morgan fingerprint density at radius 2 is 1.33 bits per heavy atom. The lowest BCUT2D eigenvalue weighted by Gasteiger charge is -1.80. The number of rotatable bonds is 0. The summed E-state index contributed by atoms with van der Waals surface area (Å²) >= 11 is 0. The van der Waals surface area contributed by atoms with Gasteiger partial charge >= 0.3 is 0 Å². The van der Waals surface area contributed by atoms with Crippen LogP contribution in [0.3, 0.4) is 0 Å². The average Bonchev–Trinajstić information content (AvgIpc) is 1.41. The first-order chi connectivity index (χ1) is 2.73. The molecule has 0 aromatic carbocycles. The fourth-order valence-corrected chi connectivity index (χ4v) is 0. The van der Waals surface area contributed by atoms with Crippen molar-refractivity contribution in [1.82, 2.24) is 0 Å². The van der Waals surface area contributed by atoms with E-state index in [1.54, 1.807) is 13.8 Å². The lowest BCUT2D eigenvalue weighted by Crippen LogP contribution is -1.85. The molecule has 0 bridgehead atoms. The number of aliphatic hydroxyl groups excluding tert-OH is 1. The van der Waals surface area contributed by atoms with Gasteiger partial charge in [-0.05, 0) is 13.8 Å². The van der Waals surface area contributed by atoms with Crippen molar-refractivity contribution in [1.29, 1.82) is 10.8 Å². The van der Waals surface area contributed by atoms with E-state index < -0.39 is 0 Å². The number of nitrogens with zero attached hydrogens (tertiary/aromatic N) is 2. The molecule has 0 aliphatic heterocycles. The molecule has 3 nitrogen and oxygen atoms in total. The molecule has 0 spiro atoms. The smallest absolute Gasteiger partial charge is 0.0483 e. The Hall–Kier alpha value is -0.620. The zero-order valence-electron chi connectivity index (χ0n) is 3.92. The SMILES string of the molecule is CC(C)O.N#N. The highest BCUT2D eigenvalue weighted by Crippen LogP contribution is 1.65. The minimum absolute atomic E-state index is 0.167. The molecule has 0 atom stereocenters. The monoisotopic (exact) mass is 88.1 g/mol. The summed E-state index contributed by atoms with van der Waals surface area (Å²) in [5.74, 6) is 0. The highest BCUT2D eigenvalue weighted by atomic mass is 16.3. The summed E-state index contributed by atoms with van der Waals surface area (Å²) < 4.78 is 0. The largest absolute Gasteiger partial charge is 0.394 e. The Morgan fingerprint density at radius 1 is 1.33 bits per heavy atom. The van der Waals surface area contributed by atoms with Crippen molar-refractivity contribution in [2.45, 2.75) is 20.0 Å². The van der Waals surface area contributed by atoms with Gasteiger partial charge in [0, 0.05) is 16.9 Å². The van der Waals surface area contributed by atoms with E-state index in [9.17, 15) is 0 Å². The molecular formula is C3H8N2O. The average molecular weight is 88.1 g/mol. The van der Waals surface area contributed by atoms with Crippen LogP contribution >= 0.6 is 0 Å². The van der Waals surface area contributed by atoms with E-state index in [1.807, 2.05) is 0 Å². The lowest BCUT2D eigenvalue weighted by molar-refractivity contribution is 0.216. The van der Waals surface area contributed by atoms with Gasteiger partial charge in [-0.3, -0.25) is 0 Å². The third-order valence-corrected chi connectivity index (χ3v) is 0. The summed E-state index contributed by atoms with van der Waals surface area (Å²) in [6.45, 7) is 3.44. The first-order valence-electron chi connectivity index (χ1n) is 1.61. The fraction of sp³-hybridized carbons (Fsp3) is 1.00. The van der Waals surface area contributed by atoms with Crippen LogP contribution in [0.25, 0.3) is 0 Å². The van der Waals surface area contributed by atoms with E-state index in [4.69, 9.17) is 15.9 Å². The van der Waals surface area contributed by atoms with Gasteiger partial charge in [0.25, 0.3) is 0 Å². The Kier molecular flexibility index (Phi) is 13.3. The summed E-state index contributed by atoms with van der Waals surface area (Å²) in [4.78, 5) is 0. The van der Waals surface area contributed by atoms with Crippen molar-refractivity contribution in [3.05, 3.63) is 0 Å². The highest BCUT2D eigenvalue weighted by Gasteiger charge is 1.69. The maximum Gasteiger partial charge on any atom is 0.0483 e. The van der Waals surface area contributed by atoms with Crippen LogP contribution in [-0.2, 0) is 0 Å². The second-order valence-corrected chi connectivity index (χ2v) is 1.09. The predicted octanol–water partition coefficient (Wildman–Crippen LogP) is 0.417. The zero-order chi connectivity index (χ0) is 5.58. The van der Waals surface area contributed by atoms with Crippen LogP contribution in [-0.4, -0.2) is 11.2 Å². The second-order valence-electron chi connectivity index (χ2n) is 1.09. The molecule has 0 aromatic heterocycles. The molecule has 0 saturated heterocycles. The Balaban J connectivity index is 0. The summed E-state index contributed by atoms with van der Waals surface area (Å²) in [6.07, 6.45) is -0.167. The van der Waals surface area contributed by atoms with Gasteiger partial charge in [-0.1, -0.05) is 0 Å². The number of hydrogen-bond donors (Lipinski definition) is 1. The molecule has 0 fully saturated rings. The molecule has 0 amide bonds. The topological polar surface area (TPSA) is 67.8 Å². The lowest BCUT2D eigenvalue weighted by atomic mass is 10.5. The van der Waals surface area contributed by atoms with E-state index in [2.05, 4.69) is 0 Å². The van der Waals surface area contributed by atoms with Crippen molar-refractivity contribution in [2.24, 2.45) is 0 Å². The van der Waals surface area contributed by atoms with Crippen LogP contribution in [0, 0.1) is 10.8 Å². The minimum atomic E-state index is -0.167. The molecule has 3 heteroatoms. The second kappa shape index (κ2) is 8.83. The summed E-state index contributed by atoms with van der Waals surface area (Å²) in [7, 11) is 0. The van der Waals surface area contributed by atoms with Crippen LogP contribution in [0.1, 0.15) is 13.8 Å². The van der Waals surface area contributed by atoms with E-state index in [1.165, 1.54) is 0 Å². The van der Waals surface area contributed by atoms with Crippen molar-refractivity contribution in [3.63, 3.8) is 0 Å². The maximum absolute atomic E-state index is 8.06. The molecule has 0 aliphatic carbocycles. The number of hydrogen-bond acceptors (Lipinski definition) is 3. The Labute approximate surface area is 37.0 Å². The summed E-state index contributed by atoms with van der Waals surface area (Å²) in [5.41, 5.74) is 0. The van der Waals surface area contributed by atoms with Gasteiger partial charge in [0.2, 0.25) is 0 Å². The van der Waals surface area contributed by atoms with E-state index in [0.717, 1.165) is 0 Å². The quantitative estimate of drug-likeness (QED) is 0.436. The normalized spacial score (nSPS) is 6.33. The van der Waals surface area contributed by atoms with Crippen molar-refractivity contribution < 1.29 is 5.11 Å². The fourth-order valence-electron chi connectivity index (χ4n) is 0. The summed E-state index contributed by atoms with van der Waals surface area (Å²) in [6, 6.07) is 0. The predicted molar refractivity (Wildman–Crippen MR) is 20.8 cm³/mol. The molecule has 0 unspecified atom stereocenters. The van der Waals surface area contributed by atoms with Gasteiger partial charge in [0.05, 0.1) is 0 Å². The third kappa shape index (κ3) is 49.8. The highest BCUT2D eigenvalue weighted by molar-refractivity contribution is 4.20. The van der Waals surface area contributed by atoms with Gasteiger partial charge in [-0.2, -0.15) is 0 Å². The third-order valence-electron chi connectivity index (χ3n) is 0. The summed E-state index contributed by atoms with van der Waals surface area (Å²) in [5, 5.41) is 20.1. The van der Waals surface area contributed by atoms with Crippen molar-refractivity contribution in [2.75, 3.05) is 0 Å². The van der Waals surface area contributed by atoms with Crippen molar-refractivity contribution in [3.8, 4) is 0 Å². The molecule has 0 aliphatic rings. The first-order valence-corrected chi connectivity index (χ1v) is 1.61. The molecular weight excluding hydrogens is 80.0 g/mol. The van der Waals surface area contributed by atoms with E-state index in [0.29, 0.717) is 0 Å². The molecule has 36 valence electrons. The van der Waals surface area contributed by atoms with E-state index >= 15 is 0 Å². The van der Waals surface area contributed by atoms with Crippen LogP contribution in [0.5, 0.6) is 0 Å². The first kappa shape index (κ1) is 9.03. The minimum Gasteiger partial charge on any atom is -0.394 e. The number of aliphatic hydroxyl groups is 1. The van der Waals surface area contributed by atoms with Gasteiger partial charge < -0.3 is 5.11 Å². The molecule has 0 radical (unpaired) electrons.